The maximum atomic E-state index is 12.7. The standard InChI is InChI=1S/C16H22N2O3/c19-15-8-7-14(18(15)12-13-6-5-11-21-13)16(20)17-9-3-1-2-4-10-17/h5-6,11,14H,1-4,7-10,12H2/t14-/m1/s1. The van der Waals surface area contributed by atoms with Gasteiger partial charge in [0.05, 0.1) is 12.8 Å². The number of hydrogen-bond acceptors (Lipinski definition) is 3. The van der Waals surface area contributed by atoms with Gasteiger partial charge in [0.2, 0.25) is 11.8 Å². The third-order valence-electron chi connectivity index (χ3n) is 4.44. The fourth-order valence-corrected chi connectivity index (χ4v) is 3.26. The summed E-state index contributed by atoms with van der Waals surface area (Å²) < 4.78 is 5.32. The molecule has 2 saturated heterocycles. The molecule has 1 aromatic rings. The zero-order valence-electron chi connectivity index (χ0n) is 12.3. The second-order valence-corrected chi connectivity index (χ2v) is 5.89. The molecule has 2 aliphatic rings. The van der Waals surface area contributed by atoms with Crippen molar-refractivity contribution in [3.05, 3.63) is 24.2 Å². The van der Waals surface area contributed by atoms with Crippen molar-refractivity contribution in [2.75, 3.05) is 13.1 Å². The third kappa shape index (κ3) is 3.12. The van der Waals surface area contributed by atoms with Gasteiger partial charge in [0.15, 0.2) is 0 Å². The summed E-state index contributed by atoms with van der Waals surface area (Å²) in [5.74, 6) is 0.910. The maximum absolute atomic E-state index is 12.7. The van der Waals surface area contributed by atoms with E-state index in [0.29, 0.717) is 19.4 Å². The Kier molecular flexibility index (Phi) is 4.27. The molecule has 0 unspecified atom stereocenters. The van der Waals surface area contributed by atoms with E-state index in [4.69, 9.17) is 4.42 Å². The van der Waals surface area contributed by atoms with Crippen molar-refractivity contribution in [3.63, 3.8) is 0 Å². The van der Waals surface area contributed by atoms with E-state index >= 15 is 0 Å². The van der Waals surface area contributed by atoms with E-state index in [1.165, 1.54) is 12.8 Å². The maximum Gasteiger partial charge on any atom is 0.245 e. The first-order valence-corrected chi connectivity index (χ1v) is 7.86. The second kappa shape index (κ2) is 6.33. The van der Waals surface area contributed by atoms with Gasteiger partial charge in [-0.2, -0.15) is 0 Å². The Morgan fingerprint density at radius 3 is 2.67 bits per heavy atom. The van der Waals surface area contributed by atoms with Gasteiger partial charge in [-0.15, -0.1) is 0 Å². The topological polar surface area (TPSA) is 53.8 Å². The molecule has 0 aromatic carbocycles. The SMILES string of the molecule is O=C([C@H]1CCC(=O)N1Cc1ccco1)N1CCCCCC1. The molecule has 1 aromatic heterocycles. The Balaban J connectivity index is 1.69. The molecule has 1 atom stereocenters. The summed E-state index contributed by atoms with van der Waals surface area (Å²) in [6, 6.07) is 3.35. The number of amides is 2. The Hall–Kier alpha value is -1.78. The van der Waals surface area contributed by atoms with E-state index in [9.17, 15) is 9.59 Å². The van der Waals surface area contributed by atoms with Crippen molar-refractivity contribution >= 4 is 11.8 Å². The van der Waals surface area contributed by atoms with Gasteiger partial charge < -0.3 is 14.2 Å². The van der Waals surface area contributed by atoms with Crippen LogP contribution in [-0.2, 0) is 16.1 Å². The highest BCUT2D eigenvalue weighted by Crippen LogP contribution is 2.24. The number of hydrogen-bond donors (Lipinski definition) is 0. The van der Waals surface area contributed by atoms with E-state index in [0.717, 1.165) is 31.7 Å². The summed E-state index contributed by atoms with van der Waals surface area (Å²) in [4.78, 5) is 28.5. The van der Waals surface area contributed by atoms with Crippen molar-refractivity contribution in [1.29, 1.82) is 0 Å². The largest absolute Gasteiger partial charge is 0.467 e. The molecular weight excluding hydrogens is 268 g/mol. The highest BCUT2D eigenvalue weighted by molar-refractivity contribution is 5.90. The Labute approximate surface area is 124 Å². The Bertz CT molecular complexity index is 490. The van der Waals surface area contributed by atoms with Gasteiger partial charge >= 0.3 is 0 Å². The lowest BCUT2D eigenvalue weighted by atomic mass is 10.2. The van der Waals surface area contributed by atoms with Gasteiger partial charge in [0, 0.05) is 19.5 Å². The van der Waals surface area contributed by atoms with E-state index in [1.807, 2.05) is 17.0 Å². The molecule has 0 aliphatic carbocycles. The van der Waals surface area contributed by atoms with Gasteiger partial charge in [-0.1, -0.05) is 12.8 Å². The average molecular weight is 290 g/mol. The minimum absolute atomic E-state index is 0.0552. The van der Waals surface area contributed by atoms with Crippen LogP contribution in [0.4, 0.5) is 0 Å². The van der Waals surface area contributed by atoms with Gasteiger partial charge in [-0.25, -0.2) is 0 Å². The summed E-state index contributed by atoms with van der Waals surface area (Å²) in [6.45, 7) is 2.06. The van der Waals surface area contributed by atoms with Crippen LogP contribution in [0.2, 0.25) is 0 Å². The minimum Gasteiger partial charge on any atom is -0.467 e. The van der Waals surface area contributed by atoms with E-state index in [-0.39, 0.29) is 17.9 Å². The minimum atomic E-state index is -0.305. The molecule has 0 radical (unpaired) electrons. The Morgan fingerprint density at radius 1 is 1.24 bits per heavy atom. The van der Waals surface area contributed by atoms with Gasteiger partial charge in [-0.05, 0) is 31.4 Å². The quantitative estimate of drug-likeness (QED) is 0.857. The summed E-state index contributed by atoms with van der Waals surface area (Å²) in [5, 5.41) is 0. The number of carbonyl (C=O) groups is 2. The first-order chi connectivity index (χ1) is 10.3. The molecule has 5 heteroatoms. The van der Waals surface area contributed by atoms with E-state index in [2.05, 4.69) is 0 Å². The molecular formula is C16H22N2O3. The highest BCUT2D eigenvalue weighted by atomic mass is 16.3. The van der Waals surface area contributed by atoms with Crippen molar-refractivity contribution in [3.8, 4) is 0 Å². The molecule has 5 nitrogen and oxygen atoms in total. The van der Waals surface area contributed by atoms with Gasteiger partial charge in [0.1, 0.15) is 11.8 Å². The van der Waals surface area contributed by atoms with Crippen molar-refractivity contribution in [1.82, 2.24) is 9.80 Å². The number of furan rings is 1. The summed E-state index contributed by atoms with van der Waals surface area (Å²) in [6.07, 6.45) is 7.24. The third-order valence-corrected chi connectivity index (χ3v) is 4.44. The average Bonchev–Trinajstić information content (AvgIpc) is 3.02. The highest BCUT2D eigenvalue weighted by Gasteiger charge is 2.38. The normalized spacial score (nSPS) is 23.4. The van der Waals surface area contributed by atoms with Crippen LogP contribution in [0, 0.1) is 0 Å². The van der Waals surface area contributed by atoms with Crippen LogP contribution < -0.4 is 0 Å². The van der Waals surface area contributed by atoms with Crippen molar-refractivity contribution in [2.24, 2.45) is 0 Å². The molecule has 0 N–H and O–H groups in total. The zero-order valence-corrected chi connectivity index (χ0v) is 12.3. The van der Waals surface area contributed by atoms with Crippen molar-refractivity contribution in [2.45, 2.75) is 51.1 Å². The lowest BCUT2D eigenvalue weighted by molar-refractivity contribution is -0.142. The first kappa shape index (κ1) is 14.2. The molecule has 0 spiro atoms. The van der Waals surface area contributed by atoms with Crippen LogP contribution in [0.5, 0.6) is 0 Å². The molecule has 2 fully saturated rings. The van der Waals surface area contributed by atoms with E-state index < -0.39 is 0 Å². The van der Waals surface area contributed by atoms with Crippen LogP contribution in [-0.4, -0.2) is 40.7 Å². The molecule has 21 heavy (non-hydrogen) atoms. The number of nitrogens with zero attached hydrogens (tertiary/aromatic N) is 2. The second-order valence-electron chi connectivity index (χ2n) is 5.89. The molecule has 0 saturated carbocycles. The predicted octanol–water partition coefficient (Wildman–Crippen LogP) is 2.17. The Morgan fingerprint density at radius 2 is 2.00 bits per heavy atom. The molecule has 0 bridgehead atoms. The number of carbonyl (C=O) groups excluding carboxylic acids is 2. The lowest BCUT2D eigenvalue weighted by Crippen LogP contribution is -2.46. The van der Waals surface area contributed by atoms with Gasteiger partial charge in [-0.3, -0.25) is 9.59 Å². The fourth-order valence-electron chi connectivity index (χ4n) is 3.26. The molecule has 3 rings (SSSR count). The zero-order chi connectivity index (χ0) is 14.7. The molecule has 2 amide bonds. The summed E-state index contributed by atoms with van der Waals surface area (Å²) >= 11 is 0. The van der Waals surface area contributed by atoms with Crippen molar-refractivity contribution < 1.29 is 14.0 Å². The first-order valence-electron chi connectivity index (χ1n) is 7.86. The van der Waals surface area contributed by atoms with Crippen LogP contribution in [0.1, 0.15) is 44.3 Å². The molecule has 3 heterocycles. The van der Waals surface area contributed by atoms with Crippen LogP contribution in [0.15, 0.2) is 22.8 Å². The van der Waals surface area contributed by atoms with Gasteiger partial charge in [0.25, 0.3) is 0 Å². The number of rotatable bonds is 3. The molecule has 114 valence electrons. The summed E-state index contributed by atoms with van der Waals surface area (Å²) in [5.41, 5.74) is 0. The monoisotopic (exact) mass is 290 g/mol. The van der Waals surface area contributed by atoms with Crippen LogP contribution >= 0.6 is 0 Å². The summed E-state index contributed by atoms with van der Waals surface area (Å²) in [7, 11) is 0. The fraction of sp³-hybridized carbons (Fsp3) is 0.625. The molecule has 2 aliphatic heterocycles. The number of likely N-dealkylation sites (tertiary alicyclic amines) is 2. The van der Waals surface area contributed by atoms with Crippen LogP contribution in [0.3, 0.4) is 0 Å². The van der Waals surface area contributed by atoms with Crippen LogP contribution in [0.25, 0.3) is 0 Å². The van der Waals surface area contributed by atoms with E-state index in [1.54, 1.807) is 11.2 Å². The smallest absolute Gasteiger partial charge is 0.245 e. The predicted molar refractivity (Wildman–Crippen MR) is 77.3 cm³/mol. The lowest BCUT2D eigenvalue weighted by Gasteiger charge is -2.29.